The molecule has 0 aliphatic heterocycles. The summed E-state index contributed by atoms with van der Waals surface area (Å²) in [4.78, 5) is 0. The van der Waals surface area contributed by atoms with E-state index in [4.69, 9.17) is 11.6 Å². The van der Waals surface area contributed by atoms with Crippen molar-refractivity contribution in [3.63, 3.8) is 0 Å². The topological polar surface area (TPSA) is 0 Å². The summed E-state index contributed by atoms with van der Waals surface area (Å²) >= 11 is 6.24. The normalized spacial score (nSPS) is 10.7. The third kappa shape index (κ3) is 2.44. The fourth-order valence-corrected chi connectivity index (χ4v) is 4.07. The second-order valence-corrected chi connectivity index (χ2v) is 6.81. The Morgan fingerprint density at radius 2 is 1.44 bits per heavy atom. The van der Waals surface area contributed by atoms with E-state index in [9.17, 15) is 0 Å². The standard InChI is InChI=1S/C16H11ClSe/c17-13-8-10-14(11-9-13)18-16-7-3-5-12-4-1-2-6-15(12)16/h1-11H. The zero-order valence-electron chi connectivity index (χ0n) is 9.64. The first-order valence-electron chi connectivity index (χ1n) is 5.74. The molecule has 0 atom stereocenters. The maximum absolute atomic E-state index is 5.92. The molecule has 88 valence electrons. The van der Waals surface area contributed by atoms with Crippen molar-refractivity contribution in [2.24, 2.45) is 0 Å². The first kappa shape index (κ1) is 11.8. The molecular weight excluding hydrogens is 307 g/mol. The Labute approximate surface area is 118 Å². The van der Waals surface area contributed by atoms with Crippen LogP contribution in [-0.2, 0) is 0 Å². The summed E-state index contributed by atoms with van der Waals surface area (Å²) < 4.78 is 2.77. The predicted molar refractivity (Wildman–Crippen MR) is 80.4 cm³/mol. The Morgan fingerprint density at radius 1 is 0.722 bits per heavy atom. The summed E-state index contributed by atoms with van der Waals surface area (Å²) in [6.07, 6.45) is 0. The molecule has 3 rings (SSSR count). The van der Waals surface area contributed by atoms with Crippen LogP contribution in [0.1, 0.15) is 0 Å². The van der Waals surface area contributed by atoms with Gasteiger partial charge >= 0.3 is 118 Å². The SMILES string of the molecule is Clc1ccc([Se]c2cccc3ccccc23)cc1. The average Bonchev–Trinajstić information content (AvgIpc) is 2.42. The summed E-state index contributed by atoms with van der Waals surface area (Å²) in [6, 6.07) is 23.2. The summed E-state index contributed by atoms with van der Waals surface area (Å²) in [5, 5.41) is 3.47. The summed E-state index contributed by atoms with van der Waals surface area (Å²) in [7, 11) is 0. The molecule has 0 amide bonds. The van der Waals surface area contributed by atoms with Crippen molar-refractivity contribution in [3.05, 3.63) is 71.8 Å². The number of rotatable bonds is 2. The summed E-state index contributed by atoms with van der Waals surface area (Å²) in [5.74, 6) is 0. The fraction of sp³-hybridized carbons (Fsp3) is 0. The van der Waals surface area contributed by atoms with E-state index >= 15 is 0 Å². The Morgan fingerprint density at radius 3 is 2.28 bits per heavy atom. The number of fused-ring (bicyclic) bond motifs is 1. The first-order valence-corrected chi connectivity index (χ1v) is 7.83. The Bertz CT molecular complexity index is 669. The van der Waals surface area contributed by atoms with E-state index in [-0.39, 0.29) is 0 Å². The van der Waals surface area contributed by atoms with Gasteiger partial charge in [-0.2, -0.15) is 0 Å². The van der Waals surface area contributed by atoms with Gasteiger partial charge in [-0.15, -0.1) is 0 Å². The van der Waals surface area contributed by atoms with Crippen LogP contribution in [0.2, 0.25) is 5.02 Å². The van der Waals surface area contributed by atoms with E-state index in [0.29, 0.717) is 15.0 Å². The molecule has 0 N–H and O–H groups in total. The average molecular weight is 318 g/mol. The van der Waals surface area contributed by atoms with E-state index in [1.807, 2.05) is 12.1 Å². The summed E-state index contributed by atoms with van der Waals surface area (Å²) in [5.41, 5.74) is 0. The van der Waals surface area contributed by atoms with Gasteiger partial charge in [-0.05, 0) is 0 Å². The molecule has 0 nitrogen and oxygen atoms in total. The van der Waals surface area contributed by atoms with Crippen LogP contribution in [0, 0.1) is 0 Å². The van der Waals surface area contributed by atoms with Crippen LogP contribution in [0.5, 0.6) is 0 Å². The fourth-order valence-electron chi connectivity index (χ4n) is 1.91. The number of benzene rings is 3. The van der Waals surface area contributed by atoms with E-state index in [1.54, 1.807) is 0 Å². The second kappa shape index (κ2) is 5.15. The van der Waals surface area contributed by atoms with Gasteiger partial charge in [0.15, 0.2) is 0 Å². The molecule has 0 saturated heterocycles. The van der Waals surface area contributed by atoms with Crippen LogP contribution in [0.4, 0.5) is 0 Å². The van der Waals surface area contributed by atoms with Gasteiger partial charge in [0.1, 0.15) is 0 Å². The van der Waals surface area contributed by atoms with Crippen LogP contribution in [0.15, 0.2) is 66.7 Å². The van der Waals surface area contributed by atoms with Gasteiger partial charge < -0.3 is 0 Å². The van der Waals surface area contributed by atoms with Gasteiger partial charge in [-0.25, -0.2) is 0 Å². The molecule has 0 radical (unpaired) electrons. The Hall–Kier alpha value is -1.27. The van der Waals surface area contributed by atoms with Gasteiger partial charge in [0.05, 0.1) is 0 Å². The van der Waals surface area contributed by atoms with Crippen LogP contribution < -0.4 is 8.92 Å². The second-order valence-electron chi connectivity index (χ2n) is 4.03. The van der Waals surface area contributed by atoms with E-state index in [2.05, 4.69) is 54.6 Å². The zero-order valence-corrected chi connectivity index (χ0v) is 12.1. The maximum atomic E-state index is 5.92. The molecule has 0 aromatic heterocycles. The van der Waals surface area contributed by atoms with Gasteiger partial charge in [-0.3, -0.25) is 0 Å². The molecule has 0 saturated carbocycles. The van der Waals surface area contributed by atoms with Crippen LogP contribution >= 0.6 is 11.6 Å². The van der Waals surface area contributed by atoms with Crippen molar-refractivity contribution >= 4 is 46.3 Å². The van der Waals surface area contributed by atoms with Crippen LogP contribution in [0.25, 0.3) is 10.8 Å². The Kier molecular flexibility index (Phi) is 3.38. The molecule has 0 fully saturated rings. The molecule has 2 heteroatoms. The third-order valence-electron chi connectivity index (χ3n) is 2.79. The van der Waals surface area contributed by atoms with Gasteiger partial charge in [0, 0.05) is 0 Å². The Balaban J connectivity index is 2.02. The third-order valence-corrected chi connectivity index (χ3v) is 5.32. The number of hydrogen-bond donors (Lipinski definition) is 0. The molecule has 0 aliphatic carbocycles. The molecule has 0 heterocycles. The van der Waals surface area contributed by atoms with Crippen LogP contribution in [0.3, 0.4) is 0 Å². The monoisotopic (exact) mass is 318 g/mol. The molecule has 0 unspecified atom stereocenters. The molecule has 0 aliphatic rings. The van der Waals surface area contributed by atoms with Crippen molar-refractivity contribution in [3.8, 4) is 0 Å². The van der Waals surface area contributed by atoms with Crippen LogP contribution in [-0.4, -0.2) is 15.0 Å². The van der Waals surface area contributed by atoms with Crippen molar-refractivity contribution in [1.82, 2.24) is 0 Å². The minimum atomic E-state index is 0.325. The van der Waals surface area contributed by atoms with E-state index in [0.717, 1.165) is 5.02 Å². The van der Waals surface area contributed by atoms with Crippen molar-refractivity contribution in [2.45, 2.75) is 0 Å². The number of hydrogen-bond acceptors (Lipinski definition) is 0. The van der Waals surface area contributed by atoms with Gasteiger partial charge in [-0.1, -0.05) is 0 Å². The molecule has 3 aromatic rings. The van der Waals surface area contributed by atoms with Gasteiger partial charge in [0.2, 0.25) is 0 Å². The van der Waals surface area contributed by atoms with Crippen molar-refractivity contribution in [1.29, 1.82) is 0 Å². The molecule has 3 aromatic carbocycles. The molecule has 18 heavy (non-hydrogen) atoms. The first-order chi connectivity index (χ1) is 8.83. The van der Waals surface area contributed by atoms with E-state index < -0.39 is 0 Å². The zero-order chi connectivity index (χ0) is 12.4. The predicted octanol–water partition coefficient (Wildman–Crippen LogP) is 3.15. The van der Waals surface area contributed by atoms with Gasteiger partial charge in [0.25, 0.3) is 0 Å². The quantitative estimate of drug-likeness (QED) is 0.637. The number of halogens is 1. The minimum absolute atomic E-state index is 0.325. The van der Waals surface area contributed by atoms with E-state index in [1.165, 1.54) is 19.7 Å². The molecular formula is C16H11ClSe. The van der Waals surface area contributed by atoms with Crippen molar-refractivity contribution in [2.75, 3.05) is 0 Å². The molecule has 0 spiro atoms. The molecule has 0 bridgehead atoms. The van der Waals surface area contributed by atoms with Crippen molar-refractivity contribution < 1.29 is 0 Å². The summed E-state index contributed by atoms with van der Waals surface area (Å²) in [6.45, 7) is 0.